The van der Waals surface area contributed by atoms with Gasteiger partial charge in [-0.25, -0.2) is 19.2 Å². The molecule has 0 aromatic carbocycles. The number of rotatable bonds is 20. The molecule has 6 atom stereocenters. The summed E-state index contributed by atoms with van der Waals surface area (Å²) < 4.78 is 31.2. The molecule has 2 aliphatic carbocycles. The standard InChI is InChI=1S/C39H50O17/c1-19(2)34(45)51-15-25(16-52-35(46)20(3)4)55-38(49)28-12-10-23(13-29(28)33(43)44)31(40)24-9-11-27(32(41)42)30(14-24)39(50)56-26(17-53-36(47)21(5)6)18-54-37(48)22(7)8/h23-30H,1,3,5,7,9-18H2,2,4,6,8H3,(H,41,42)(H,43,44). The zero-order chi connectivity index (χ0) is 42.4. The van der Waals surface area contributed by atoms with Crippen molar-refractivity contribution in [3.8, 4) is 0 Å². The van der Waals surface area contributed by atoms with E-state index in [2.05, 4.69) is 26.3 Å². The van der Waals surface area contributed by atoms with Gasteiger partial charge in [0.1, 0.15) is 32.2 Å². The van der Waals surface area contributed by atoms with E-state index in [1.165, 1.54) is 27.7 Å². The molecule has 17 heteroatoms. The largest absolute Gasteiger partial charge is 0.481 e. The second-order valence-corrected chi connectivity index (χ2v) is 14.2. The fourth-order valence-electron chi connectivity index (χ4n) is 6.21. The Morgan fingerprint density at radius 3 is 1.11 bits per heavy atom. The number of esters is 6. The van der Waals surface area contributed by atoms with Crippen molar-refractivity contribution >= 4 is 53.5 Å². The lowest BCUT2D eigenvalue weighted by atomic mass is 9.66. The first-order valence-corrected chi connectivity index (χ1v) is 17.8. The topological polar surface area (TPSA) is 249 Å². The van der Waals surface area contributed by atoms with Gasteiger partial charge in [-0.05, 0) is 66.2 Å². The van der Waals surface area contributed by atoms with E-state index in [4.69, 9.17) is 28.4 Å². The number of carbonyl (C=O) groups is 9. The van der Waals surface area contributed by atoms with Gasteiger partial charge in [0.05, 0.1) is 23.7 Å². The number of hydrogen-bond donors (Lipinski definition) is 2. The van der Waals surface area contributed by atoms with E-state index in [0.29, 0.717) is 0 Å². The van der Waals surface area contributed by atoms with E-state index in [0.717, 1.165) is 0 Å². The predicted octanol–water partition coefficient (Wildman–Crippen LogP) is 3.09. The Balaban J connectivity index is 2.21. The van der Waals surface area contributed by atoms with E-state index in [-0.39, 0.29) is 60.8 Å². The molecule has 2 rings (SSSR count). The van der Waals surface area contributed by atoms with Crippen LogP contribution < -0.4 is 0 Å². The summed E-state index contributed by atoms with van der Waals surface area (Å²) in [5.74, 6) is -15.3. The lowest BCUT2D eigenvalue weighted by Crippen LogP contribution is -2.44. The molecule has 17 nitrogen and oxygen atoms in total. The van der Waals surface area contributed by atoms with E-state index in [1.54, 1.807) is 0 Å². The van der Waals surface area contributed by atoms with Crippen LogP contribution in [0.3, 0.4) is 0 Å². The van der Waals surface area contributed by atoms with Gasteiger partial charge in [-0.3, -0.25) is 24.0 Å². The SMILES string of the molecule is C=C(C)C(=O)OCC(COC(=O)C(=C)C)OC(=O)C1CCC(C(=O)C2CCC(C(=O)O)C(C(=O)OC(COC(=O)C(=C)C)COC(=O)C(=C)C)C2)CC1C(=O)O. The summed E-state index contributed by atoms with van der Waals surface area (Å²) in [7, 11) is 0. The average molecular weight is 791 g/mol. The maximum atomic E-state index is 13.9. The van der Waals surface area contributed by atoms with Crippen LogP contribution in [0.2, 0.25) is 0 Å². The highest BCUT2D eigenvalue weighted by Gasteiger charge is 2.47. The van der Waals surface area contributed by atoms with Gasteiger partial charge in [-0.1, -0.05) is 26.3 Å². The Morgan fingerprint density at radius 1 is 0.482 bits per heavy atom. The average Bonchev–Trinajstić information content (AvgIpc) is 3.14. The van der Waals surface area contributed by atoms with Gasteiger partial charge in [-0.2, -0.15) is 0 Å². The minimum Gasteiger partial charge on any atom is -0.481 e. The van der Waals surface area contributed by atoms with Crippen molar-refractivity contribution < 1.29 is 81.8 Å². The molecule has 56 heavy (non-hydrogen) atoms. The highest BCUT2D eigenvalue weighted by atomic mass is 16.6. The molecule has 308 valence electrons. The number of Topliss-reactive ketones (excluding diaryl/α,β-unsaturated/α-hetero) is 1. The third-order valence-electron chi connectivity index (χ3n) is 9.31. The van der Waals surface area contributed by atoms with Crippen LogP contribution in [0.1, 0.15) is 66.2 Å². The molecule has 0 amide bonds. The quantitative estimate of drug-likeness (QED) is 0.102. The van der Waals surface area contributed by atoms with Crippen LogP contribution in [0.4, 0.5) is 0 Å². The molecule has 0 aliphatic heterocycles. The van der Waals surface area contributed by atoms with Crippen LogP contribution in [0.5, 0.6) is 0 Å². The van der Waals surface area contributed by atoms with Crippen LogP contribution in [0, 0.1) is 35.5 Å². The predicted molar refractivity (Wildman–Crippen MR) is 192 cm³/mol. The van der Waals surface area contributed by atoms with Crippen molar-refractivity contribution in [1.82, 2.24) is 0 Å². The molecule has 2 aliphatic rings. The van der Waals surface area contributed by atoms with Crippen LogP contribution in [-0.2, 0) is 71.6 Å². The van der Waals surface area contributed by atoms with E-state index < -0.39 is 128 Å². The van der Waals surface area contributed by atoms with Crippen molar-refractivity contribution in [3.63, 3.8) is 0 Å². The van der Waals surface area contributed by atoms with E-state index in [9.17, 15) is 53.4 Å². The summed E-state index contributed by atoms with van der Waals surface area (Å²) >= 11 is 0. The van der Waals surface area contributed by atoms with Crippen LogP contribution in [0.25, 0.3) is 0 Å². The van der Waals surface area contributed by atoms with Gasteiger partial charge < -0.3 is 38.6 Å². The molecule has 0 saturated heterocycles. The fraction of sp³-hybridized carbons (Fsp3) is 0.564. The first kappa shape index (κ1) is 46.5. The molecule has 0 aromatic rings. The van der Waals surface area contributed by atoms with Gasteiger partial charge in [0, 0.05) is 34.1 Å². The van der Waals surface area contributed by atoms with Crippen molar-refractivity contribution in [3.05, 3.63) is 48.6 Å². The van der Waals surface area contributed by atoms with Crippen LogP contribution >= 0.6 is 0 Å². The molecule has 0 radical (unpaired) electrons. The van der Waals surface area contributed by atoms with E-state index >= 15 is 0 Å². The summed E-state index contributed by atoms with van der Waals surface area (Å²) in [5, 5.41) is 20.0. The van der Waals surface area contributed by atoms with Crippen molar-refractivity contribution in [2.75, 3.05) is 26.4 Å². The Hall–Kier alpha value is -5.61. The minimum absolute atomic E-state index is 0.0389. The molecule has 2 fully saturated rings. The third kappa shape index (κ3) is 13.9. The number of carboxylic acids is 2. The van der Waals surface area contributed by atoms with Crippen molar-refractivity contribution in [2.24, 2.45) is 35.5 Å². The molecule has 0 heterocycles. The Kier molecular flexibility index (Phi) is 17.8. The fourth-order valence-corrected chi connectivity index (χ4v) is 6.21. The number of carbonyl (C=O) groups excluding carboxylic acids is 7. The Labute approximate surface area is 324 Å². The first-order chi connectivity index (χ1) is 26.1. The normalized spacial score (nSPS) is 21.8. The number of ether oxygens (including phenoxy) is 6. The number of carboxylic acid groups (broad SMARTS) is 2. The van der Waals surface area contributed by atoms with Crippen LogP contribution in [-0.4, -0.2) is 102 Å². The monoisotopic (exact) mass is 790 g/mol. The number of hydrogen-bond acceptors (Lipinski definition) is 15. The lowest BCUT2D eigenvalue weighted by molar-refractivity contribution is -0.174. The smallest absolute Gasteiger partial charge is 0.333 e. The lowest BCUT2D eigenvalue weighted by Gasteiger charge is -2.37. The van der Waals surface area contributed by atoms with Gasteiger partial charge in [0.15, 0.2) is 12.2 Å². The molecule has 0 aromatic heterocycles. The van der Waals surface area contributed by atoms with Crippen molar-refractivity contribution in [1.29, 1.82) is 0 Å². The van der Waals surface area contributed by atoms with Crippen LogP contribution in [0.15, 0.2) is 48.6 Å². The van der Waals surface area contributed by atoms with Gasteiger partial charge >= 0.3 is 47.8 Å². The van der Waals surface area contributed by atoms with Gasteiger partial charge in [0.25, 0.3) is 0 Å². The second kappa shape index (κ2) is 21.5. The highest BCUT2D eigenvalue weighted by molar-refractivity contribution is 5.90. The molecule has 2 N–H and O–H groups in total. The molecular weight excluding hydrogens is 740 g/mol. The summed E-state index contributed by atoms with van der Waals surface area (Å²) in [6, 6.07) is 0. The molecule has 6 unspecified atom stereocenters. The van der Waals surface area contributed by atoms with Gasteiger partial charge in [0.2, 0.25) is 0 Å². The van der Waals surface area contributed by atoms with E-state index in [1.807, 2.05) is 0 Å². The first-order valence-electron chi connectivity index (χ1n) is 17.8. The minimum atomic E-state index is -1.39. The molecule has 0 bridgehead atoms. The summed E-state index contributed by atoms with van der Waals surface area (Å²) in [5.41, 5.74) is 0.180. The van der Waals surface area contributed by atoms with Gasteiger partial charge in [-0.15, -0.1) is 0 Å². The molecular formula is C39H50O17. The molecule has 0 spiro atoms. The summed E-state index contributed by atoms with van der Waals surface area (Å²) in [6.45, 7) is 17.2. The Bertz CT molecular complexity index is 1560. The Morgan fingerprint density at radius 2 is 0.786 bits per heavy atom. The summed E-state index contributed by atoms with van der Waals surface area (Å²) in [4.78, 5) is 113. The number of aliphatic carboxylic acids is 2. The zero-order valence-electron chi connectivity index (χ0n) is 32.0. The maximum absolute atomic E-state index is 13.9. The third-order valence-corrected chi connectivity index (χ3v) is 9.31. The van der Waals surface area contributed by atoms with Crippen molar-refractivity contribution in [2.45, 2.75) is 78.4 Å². The maximum Gasteiger partial charge on any atom is 0.333 e. The molecule has 2 saturated carbocycles. The zero-order valence-corrected chi connectivity index (χ0v) is 32.0. The highest BCUT2D eigenvalue weighted by Crippen LogP contribution is 2.42. The second-order valence-electron chi connectivity index (χ2n) is 14.2. The number of ketones is 1. The summed E-state index contributed by atoms with van der Waals surface area (Å²) in [6.07, 6.45) is -3.25.